The zero-order valence-electron chi connectivity index (χ0n) is 13.8. The van der Waals surface area contributed by atoms with Crippen LogP contribution in [0.2, 0.25) is 0 Å². The van der Waals surface area contributed by atoms with Crippen molar-refractivity contribution < 1.29 is 9.53 Å². The Morgan fingerprint density at radius 2 is 2.04 bits per heavy atom. The number of aromatic amines is 1. The quantitative estimate of drug-likeness (QED) is 0.761. The van der Waals surface area contributed by atoms with Crippen LogP contribution in [-0.4, -0.2) is 33.4 Å². The molecule has 1 aromatic carbocycles. The van der Waals surface area contributed by atoms with Crippen LogP contribution in [0.4, 0.5) is 5.69 Å². The normalized spacial score (nSPS) is 12.2. The average Bonchev–Trinajstić information content (AvgIpc) is 3.00. The molecule has 23 heavy (non-hydrogen) atoms. The van der Waals surface area contributed by atoms with Crippen molar-refractivity contribution in [2.45, 2.75) is 37.6 Å². The third-order valence-electron chi connectivity index (χ3n) is 3.30. The predicted octanol–water partition coefficient (Wildman–Crippen LogP) is 3.13. The first-order valence-corrected chi connectivity index (χ1v) is 8.44. The van der Waals surface area contributed by atoms with E-state index < -0.39 is 0 Å². The van der Waals surface area contributed by atoms with Gasteiger partial charge in [0.15, 0.2) is 0 Å². The number of rotatable bonds is 7. The molecule has 1 aromatic heterocycles. The van der Waals surface area contributed by atoms with Crippen molar-refractivity contribution in [3.63, 3.8) is 0 Å². The van der Waals surface area contributed by atoms with Gasteiger partial charge < -0.3 is 10.1 Å². The molecular weight excluding hydrogens is 312 g/mol. The van der Waals surface area contributed by atoms with Gasteiger partial charge in [-0.1, -0.05) is 32.5 Å². The fraction of sp³-hybridized carbons (Fsp3) is 0.438. The second-order valence-corrected chi connectivity index (χ2v) is 6.53. The highest BCUT2D eigenvalue weighted by Gasteiger charge is 2.25. The number of thioether (sulfide) groups is 1. The molecule has 1 heterocycles. The number of hydrogen-bond acceptors (Lipinski definition) is 5. The fourth-order valence-electron chi connectivity index (χ4n) is 1.98. The fourth-order valence-corrected chi connectivity index (χ4v) is 2.91. The number of ether oxygens (including phenoxy) is 1. The van der Waals surface area contributed by atoms with E-state index in [1.807, 2.05) is 45.0 Å². The van der Waals surface area contributed by atoms with Gasteiger partial charge in [-0.2, -0.15) is 0 Å². The largest absolute Gasteiger partial charge is 0.497 e. The number of anilines is 1. The standard InChI is InChI=1S/C16H22N4O2S/c1-5-13-18-16(20-19-13)23-14(10(2)3)15(21)17-11-6-8-12(22-4)9-7-11/h6-10,14H,5H2,1-4H3,(H,17,21)(H,18,19,20). The smallest absolute Gasteiger partial charge is 0.238 e. The monoisotopic (exact) mass is 334 g/mol. The molecule has 2 rings (SSSR count). The summed E-state index contributed by atoms with van der Waals surface area (Å²) in [5.41, 5.74) is 0.742. The summed E-state index contributed by atoms with van der Waals surface area (Å²) >= 11 is 1.38. The minimum Gasteiger partial charge on any atom is -0.497 e. The van der Waals surface area contributed by atoms with Gasteiger partial charge in [0.2, 0.25) is 11.1 Å². The lowest BCUT2D eigenvalue weighted by Crippen LogP contribution is -2.29. The molecule has 0 aliphatic heterocycles. The molecule has 0 saturated heterocycles. The van der Waals surface area contributed by atoms with E-state index in [2.05, 4.69) is 20.5 Å². The first-order chi connectivity index (χ1) is 11.0. The summed E-state index contributed by atoms with van der Waals surface area (Å²) in [6, 6.07) is 7.27. The number of nitrogens with zero attached hydrogens (tertiary/aromatic N) is 2. The first-order valence-electron chi connectivity index (χ1n) is 7.56. The minimum atomic E-state index is -0.266. The maximum absolute atomic E-state index is 12.6. The second kappa shape index (κ2) is 8.01. The van der Waals surface area contributed by atoms with Gasteiger partial charge in [-0.25, -0.2) is 4.98 Å². The summed E-state index contributed by atoms with van der Waals surface area (Å²) in [5, 5.41) is 10.3. The Balaban J connectivity index is 2.05. The molecule has 1 amide bonds. The molecule has 0 aliphatic carbocycles. The lowest BCUT2D eigenvalue weighted by Gasteiger charge is -2.18. The summed E-state index contributed by atoms with van der Waals surface area (Å²) < 4.78 is 5.11. The number of nitrogens with one attached hydrogen (secondary N) is 2. The number of carbonyl (C=O) groups excluding carboxylic acids is 1. The van der Waals surface area contributed by atoms with Crippen molar-refractivity contribution in [3.8, 4) is 5.75 Å². The van der Waals surface area contributed by atoms with Crippen LogP contribution in [0, 0.1) is 5.92 Å². The Bertz CT molecular complexity index is 640. The summed E-state index contributed by atoms with van der Waals surface area (Å²) in [7, 11) is 1.61. The van der Waals surface area contributed by atoms with E-state index in [0.717, 1.165) is 23.7 Å². The van der Waals surface area contributed by atoms with Gasteiger partial charge in [-0.15, -0.1) is 5.10 Å². The Kier molecular flexibility index (Phi) is 6.04. The van der Waals surface area contributed by atoms with Crippen LogP contribution in [0.5, 0.6) is 5.75 Å². The van der Waals surface area contributed by atoms with E-state index in [9.17, 15) is 4.79 Å². The van der Waals surface area contributed by atoms with Crippen LogP contribution in [0.15, 0.2) is 29.4 Å². The molecule has 0 aliphatic rings. The molecule has 124 valence electrons. The molecule has 6 nitrogen and oxygen atoms in total. The van der Waals surface area contributed by atoms with Gasteiger partial charge in [-0.3, -0.25) is 9.89 Å². The summed E-state index contributed by atoms with van der Waals surface area (Å²) in [6.45, 7) is 6.03. The van der Waals surface area contributed by atoms with Crippen LogP contribution in [0.25, 0.3) is 0 Å². The molecule has 0 spiro atoms. The number of amides is 1. The maximum atomic E-state index is 12.6. The number of aromatic nitrogens is 3. The zero-order chi connectivity index (χ0) is 16.8. The van der Waals surface area contributed by atoms with Crippen molar-refractivity contribution in [2.75, 3.05) is 12.4 Å². The highest BCUT2D eigenvalue weighted by atomic mass is 32.2. The topological polar surface area (TPSA) is 79.9 Å². The van der Waals surface area contributed by atoms with Crippen LogP contribution >= 0.6 is 11.8 Å². The van der Waals surface area contributed by atoms with Crippen LogP contribution < -0.4 is 10.1 Å². The number of benzene rings is 1. The number of carbonyl (C=O) groups is 1. The molecule has 2 aromatic rings. The number of H-pyrrole nitrogens is 1. The average molecular weight is 334 g/mol. The van der Waals surface area contributed by atoms with Gasteiger partial charge in [0.25, 0.3) is 0 Å². The Morgan fingerprint density at radius 1 is 1.35 bits per heavy atom. The van der Waals surface area contributed by atoms with Crippen molar-refractivity contribution in [1.29, 1.82) is 0 Å². The molecule has 0 bridgehead atoms. The highest BCUT2D eigenvalue weighted by molar-refractivity contribution is 8.00. The van der Waals surface area contributed by atoms with Crippen molar-refractivity contribution in [3.05, 3.63) is 30.1 Å². The zero-order valence-corrected chi connectivity index (χ0v) is 14.6. The predicted molar refractivity (Wildman–Crippen MR) is 91.9 cm³/mol. The summed E-state index contributed by atoms with van der Waals surface area (Å²) in [5.74, 6) is 1.68. The summed E-state index contributed by atoms with van der Waals surface area (Å²) in [4.78, 5) is 16.9. The number of hydrogen-bond donors (Lipinski definition) is 2. The molecular formula is C16H22N4O2S. The van der Waals surface area contributed by atoms with Gasteiger partial charge in [0.1, 0.15) is 11.6 Å². The molecule has 0 fully saturated rings. The highest BCUT2D eigenvalue weighted by Crippen LogP contribution is 2.27. The van der Waals surface area contributed by atoms with Crippen molar-refractivity contribution in [2.24, 2.45) is 5.92 Å². The number of methoxy groups -OCH3 is 1. The van der Waals surface area contributed by atoms with Crippen molar-refractivity contribution in [1.82, 2.24) is 15.2 Å². The first kappa shape index (κ1) is 17.3. The van der Waals surface area contributed by atoms with Crippen LogP contribution in [0.3, 0.4) is 0 Å². The molecule has 7 heteroatoms. The van der Waals surface area contributed by atoms with E-state index in [1.165, 1.54) is 11.8 Å². The lowest BCUT2D eigenvalue weighted by molar-refractivity contribution is -0.116. The molecule has 0 saturated carbocycles. The van der Waals surface area contributed by atoms with Gasteiger partial charge in [0, 0.05) is 12.1 Å². The van der Waals surface area contributed by atoms with E-state index in [-0.39, 0.29) is 17.1 Å². The molecule has 0 radical (unpaired) electrons. The Morgan fingerprint density at radius 3 is 2.57 bits per heavy atom. The lowest BCUT2D eigenvalue weighted by atomic mass is 10.1. The van der Waals surface area contributed by atoms with E-state index in [4.69, 9.17) is 4.74 Å². The van der Waals surface area contributed by atoms with Crippen molar-refractivity contribution >= 4 is 23.4 Å². The second-order valence-electron chi connectivity index (χ2n) is 5.42. The van der Waals surface area contributed by atoms with Gasteiger partial charge in [-0.05, 0) is 30.2 Å². The SMILES string of the molecule is CCc1nc(SC(C(=O)Nc2ccc(OC)cc2)C(C)C)n[nH]1. The third kappa shape index (κ3) is 4.72. The molecule has 1 atom stereocenters. The Hall–Kier alpha value is -2.02. The maximum Gasteiger partial charge on any atom is 0.238 e. The molecule has 2 N–H and O–H groups in total. The van der Waals surface area contributed by atoms with Crippen LogP contribution in [0.1, 0.15) is 26.6 Å². The third-order valence-corrected chi connectivity index (χ3v) is 4.71. The van der Waals surface area contributed by atoms with E-state index >= 15 is 0 Å². The summed E-state index contributed by atoms with van der Waals surface area (Å²) in [6.07, 6.45) is 0.790. The van der Waals surface area contributed by atoms with E-state index in [0.29, 0.717) is 5.16 Å². The van der Waals surface area contributed by atoms with E-state index in [1.54, 1.807) is 7.11 Å². The Labute approximate surface area is 140 Å². The number of aryl methyl sites for hydroxylation is 1. The van der Waals surface area contributed by atoms with Gasteiger partial charge in [0.05, 0.1) is 12.4 Å². The minimum absolute atomic E-state index is 0.0574. The van der Waals surface area contributed by atoms with Gasteiger partial charge >= 0.3 is 0 Å². The molecule has 1 unspecified atom stereocenters. The van der Waals surface area contributed by atoms with Crippen LogP contribution in [-0.2, 0) is 11.2 Å².